The molecule has 0 aliphatic rings. The quantitative estimate of drug-likeness (QED) is 0.726. The molecule has 0 bridgehead atoms. The van der Waals surface area contributed by atoms with Crippen LogP contribution in [0.1, 0.15) is 15.3 Å². The largest absolute Gasteiger partial charge is 0.326 e. The van der Waals surface area contributed by atoms with Gasteiger partial charge in [-0.25, -0.2) is 0 Å². The number of nitrogens with two attached hydrogens (primary N) is 1. The number of likely N-dealkylation sites (N-methyl/N-ethyl adjacent to an activating group) is 1. The minimum Gasteiger partial charge on any atom is -0.326 e. The molecule has 1 heterocycles. The summed E-state index contributed by atoms with van der Waals surface area (Å²) >= 11 is 6.70. The maximum absolute atomic E-state index is 5.56. The summed E-state index contributed by atoms with van der Waals surface area (Å²) in [6, 6.07) is 2.09. The van der Waals surface area contributed by atoms with Crippen LogP contribution >= 0.6 is 23.6 Å². The monoisotopic (exact) mass is 214 g/mol. The van der Waals surface area contributed by atoms with Gasteiger partial charge in [0, 0.05) is 21.7 Å². The predicted octanol–water partition coefficient (Wildman–Crippen LogP) is 1.32. The topological polar surface area (TPSA) is 38.0 Å². The van der Waals surface area contributed by atoms with E-state index in [-0.39, 0.29) is 0 Å². The molecule has 0 saturated carbocycles. The lowest BCUT2D eigenvalue weighted by Gasteiger charge is -1.97. The molecule has 0 atom stereocenters. The van der Waals surface area contributed by atoms with Crippen LogP contribution in [0.25, 0.3) is 0 Å². The Morgan fingerprint density at radius 1 is 1.69 bits per heavy atom. The van der Waals surface area contributed by atoms with Crippen molar-refractivity contribution >= 4 is 28.9 Å². The molecule has 0 saturated heterocycles. The Bertz CT molecular complexity index is 281. The van der Waals surface area contributed by atoms with Gasteiger partial charge >= 0.3 is 0 Å². The Labute approximate surface area is 88.1 Å². The first-order chi connectivity index (χ1) is 6.31. The first-order valence-corrected chi connectivity index (χ1v) is 5.52. The highest BCUT2D eigenvalue weighted by molar-refractivity contribution is 7.79. The molecule has 72 valence electrons. The van der Waals surface area contributed by atoms with Gasteiger partial charge in [-0.2, -0.15) is 0 Å². The van der Waals surface area contributed by atoms with Gasteiger partial charge in [-0.1, -0.05) is 12.2 Å². The van der Waals surface area contributed by atoms with Crippen molar-refractivity contribution in [2.75, 3.05) is 13.6 Å². The maximum Gasteiger partial charge on any atom is 0.0274 e. The number of thiocarbonyl (C=S) groups is 1. The Morgan fingerprint density at radius 2 is 2.46 bits per heavy atom. The van der Waals surface area contributed by atoms with Crippen LogP contribution in [0.2, 0.25) is 0 Å². The number of hydrogen-bond donors (Lipinski definition) is 2. The molecular weight excluding hydrogens is 200 g/mol. The number of rotatable bonds is 5. The molecule has 1 aromatic rings. The van der Waals surface area contributed by atoms with Gasteiger partial charge in [0.25, 0.3) is 0 Å². The van der Waals surface area contributed by atoms with E-state index in [0.29, 0.717) is 6.54 Å². The van der Waals surface area contributed by atoms with Gasteiger partial charge in [-0.05, 0) is 31.6 Å². The molecule has 0 radical (unpaired) electrons. The van der Waals surface area contributed by atoms with Crippen molar-refractivity contribution in [3.05, 3.63) is 21.4 Å². The maximum atomic E-state index is 5.56. The van der Waals surface area contributed by atoms with Crippen LogP contribution in [0.3, 0.4) is 0 Å². The van der Waals surface area contributed by atoms with Crippen molar-refractivity contribution in [1.29, 1.82) is 0 Å². The first-order valence-electron chi connectivity index (χ1n) is 4.23. The number of nitrogens with one attached hydrogen (secondary N) is 1. The van der Waals surface area contributed by atoms with E-state index in [2.05, 4.69) is 11.4 Å². The van der Waals surface area contributed by atoms with Crippen molar-refractivity contribution < 1.29 is 0 Å². The zero-order chi connectivity index (χ0) is 9.68. The standard InChI is InChI=1S/C9H14N2S2/c1-11-3-2-9-7(6-12)4-8(5-10)13-9/h4,6,11H,2-3,5,10H2,1H3. The van der Waals surface area contributed by atoms with E-state index in [1.54, 1.807) is 16.7 Å². The highest BCUT2D eigenvalue weighted by Crippen LogP contribution is 2.21. The second-order valence-corrected chi connectivity index (χ2v) is 4.22. The summed E-state index contributed by atoms with van der Waals surface area (Å²) in [5, 5.41) is 4.86. The lowest BCUT2D eigenvalue weighted by molar-refractivity contribution is 0.799. The fourth-order valence-corrected chi connectivity index (χ4v) is 2.45. The average molecular weight is 214 g/mol. The highest BCUT2D eigenvalue weighted by atomic mass is 32.1. The molecule has 0 aromatic carbocycles. The minimum absolute atomic E-state index is 0.612. The van der Waals surface area contributed by atoms with E-state index in [1.165, 1.54) is 9.75 Å². The molecule has 1 aromatic heterocycles. The third kappa shape index (κ3) is 2.84. The lowest BCUT2D eigenvalue weighted by atomic mass is 10.2. The molecular formula is C9H14N2S2. The Balaban J connectivity index is 2.77. The predicted molar refractivity (Wildman–Crippen MR) is 62.6 cm³/mol. The van der Waals surface area contributed by atoms with Crippen molar-refractivity contribution in [3.8, 4) is 0 Å². The van der Waals surface area contributed by atoms with Gasteiger partial charge < -0.3 is 11.1 Å². The van der Waals surface area contributed by atoms with Crippen LogP contribution < -0.4 is 11.1 Å². The Morgan fingerprint density at radius 3 is 3.00 bits per heavy atom. The van der Waals surface area contributed by atoms with E-state index in [0.717, 1.165) is 18.5 Å². The number of thiophene rings is 1. The number of hydrogen-bond acceptors (Lipinski definition) is 4. The van der Waals surface area contributed by atoms with Crippen LogP contribution in [0.4, 0.5) is 0 Å². The molecule has 3 N–H and O–H groups in total. The van der Waals surface area contributed by atoms with Crippen molar-refractivity contribution in [2.45, 2.75) is 13.0 Å². The molecule has 0 amide bonds. The van der Waals surface area contributed by atoms with Crippen LogP contribution in [0.15, 0.2) is 6.07 Å². The zero-order valence-corrected chi connectivity index (χ0v) is 9.30. The molecule has 1 rings (SSSR count). The van der Waals surface area contributed by atoms with Crippen molar-refractivity contribution in [1.82, 2.24) is 5.32 Å². The Hall–Kier alpha value is -0.290. The first kappa shape index (κ1) is 10.8. The fraction of sp³-hybridized carbons (Fsp3) is 0.444. The SMILES string of the molecule is CNCCc1sc(CN)cc1C=S. The molecule has 0 spiro atoms. The molecule has 4 heteroatoms. The third-order valence-electron chi connectivity index (χ3n) is 1.82. The van der Waals surface area contributed by atoms with E-state index in [9.17, 15) is 0 Å². The molecule has 0 unspecified atom stereocenters. The van der Waals surface area contributed by atoms with Crippen molar-refractivity contribution in [2.24, 2.45) is 5.73 Å². The molecule has 0 aliphatic carbocycles. The summed E-state index contributed by atoms with van der Waals surface area (Å²) in [4.78, 5) is 2.55. The fourth-order valence-electron chi connectivity index (χ4n) is 1.13. The second kappa shape index (κ2) is 5.44. The van der Waals surface area contributed by atoms with Gasteiger partial charge in [0.05, 0.1) is 0 Å². The molecule has 0 fully saturated rings. The molecule has 2 nitrogen and oxygen atoms in total. The summed E-state index contributed by atoms with van der Waals surface area (Å²) in [7, 11) is 1.95. The molecule has 0 aliphatic heterocycles. The van der Waals surface area contributed by atoms with Crippen molar-refractivity contribution in [3.63, 3.8) is 0 Å². The van der Waals surface area contributed by atoms with Crippen LogP contribution in [-0.4, -0.2) is 19.0 Å². The average Bonchev–Trinajstić information content (AvgIpc) is 2.57. The van der Waals surface area contributed by atoms with Crippen LogP contribution in [0.5, 0.6) is 0 Å². The minimum atomic E-state index is 0.612. The summed E-state index contributed by atoms with van der Waals surface area (Å²) in [6.45, 7) is 1.60. The van der Waals surface area contributed by atoms with E-state index in [1.807, 2.05) is 7.05 Å². The van der Waals surface area contributed by atoms with Gasteiger partial charge in [0.15, 0.2) is 0 Å². The summed E-state index contributed by atoms with van der Waals surface area (Å²) in [5.74, 6) is 0. The van der Waals surface area contributed by atoms with Gasteiger partial charge in [0.1, 0.15) is 0 Å². The van der Waals surface area contributed by atoms with Crippen LogP contribution in [-0.2, 0) is 13.0 Å². The Kier molecular flexibility index (Phi) is 4.52. The van der Waals surface area contributed by atoms with E-state index < -0.39 is 0 Å². The summed E-state index contributed by atoms with van der Waals surface area (Å²) in [5.41, 5.74) is 6.72. The van der Waals surface area contributed by atoms with Crippen LogP contribution in [0, 0.1) is 0 Å². The third-order valence-corrected chi connectivity index (χ3v) is 3.31. The van der Waals surface area contributed by atoms with E-state index >= 15 is 0 Å². The van der Waals surface area contributed by atoms with Gasteiger partial charge in [0.2, 0.25) is 0 Å². The highest BCUT2D eigenvalue weighted by Gasteiger charge is 2.05. The smallest absolute Gasteiger partial charge is 0.0274 e. The summed E-state index contributed by atoms with van der Waals surface area (Å²) in [6.07, 6.45) is 1.03. The molecule has 13 heavy (non-hydrogen) atoms. The van der Waals surface area contributed by atoms with E-state index in [4.69, 9.17) is 18.0 Å². The van der Waals surface area contributed by atoms with Gasteiger partial charge in [-0.3, -0.25) is 0 Å². The summed E-state index contributed by atoms with van der Waals surface area (Å²) < 4.78 is 0. The zero-order valence-electron chi connectivity index (χ0n) is 7.67. The van der Waals surface area contributed by atoms with Gasteiger partial charge in [-0.15, -0.1) is 11.3 Å². The second-order valence-electron chi connectivity index (χ2n) is 2.77. The lowest BCUT2D eigenvalue weighted by Crippen LogP contribution is -2.10. The normalized spacial score (nSPS) is 10.3.